The molecule has 0 aliphatic carbocycles. The first kappa shape index (κ1) is 17.0. The van der Waals surface area contributed by atoms with Crippen LogP contribution in [0.3, 0.4) is 0 Å². The van der Waals surface area contributed by atoms with Gasteiger partial charge in [0.15, 0.2) is 5.96 Å². The van der Waals surface area contributed by atoms with Crippen LogP contribution < -0.4 is 16.4 Å². The van der Waals surface area contributed by atoms with Crippen LogP contribution in [0.1, 0.15) is 33.3 Å². The fourth-order valence-corrected chi connectivity index (χ4v) is 1.52. The van der Waals surface area contributed by atoms with E-state index in [0.29, 0.717) is 18.4 Å². The number of benzene rings is 1. The number of anilines is 1. The Morgan fingerprint density at radius 1 is 1.19 bits per heavy atom. The summed E-state index contributed by atoms with van der Waals surface area (Å²) in [5.41, 5.74) is 7.63. The summed E-state index contributed by atoms with van der Waals surface area (Å²) in [5.74, 6) is 0.979. The minimum Gasteiger partial charge on any atom is -0.370 e. The molecule has 0 spiro atoms. The number of guanidine groups is 1. The molecule has 0 bridgehead atoms. The molecule has 5 nitrogen and oxygen atoms in total. The molecule has 0 fully saturated rings. The van der Waals surface area contributed by atoms with Crippen molar-refractivity contribution in [2.45, 2.75) is 34.2 Å². The molecular weight excluding hydrogens is 264 g/mol. The lowest BCUT2D eigenvalue weighted by molar-refractivity contribution is -0.118. The van der Waals surface area contributed by atoms with Crippen molar-refractivity contribution < 1.29 is 4.79 Å². The number of nitrogens with zero attached hydrogens (tertiary/aromatic N) is 1. The lowest BCUT2D eigenvalue weighted by Gasteiger charge is -2.09. The van der Waals surface area contributed by atoms with Gasteiger partial charge in [0.1, 0.15) is 0 Å². The number of aliphatic imine (C=N–C) groups is 1. The number of rotatable bonds is 6. The Labute approximate surface area is 127 Å². The maximum absolute atomic E-state index is 11.6. The largest absolute Gasteiger partial charge is 0.370 e. The summed E-state index contributed by atoms with van der Waals surface area (Å²) < 4.78 is 0. The van der Waals surface area contributed by atoms with E-state index < -0.39 is 0 Å². The van der Waals surface area contributed by atoms with E-state index in [2.05, 4.69) is 29.5 Å². The molecule has 0 heterocycles. The van der Waals surface area contributed by atoms with Crippen molar-refractivity contribution in [1.29, 1.82) is 0 Å². The topological polar surface area (TPSA) is 79.5 Å². The van der Waals surface area contributed by atoms with Gasteiger partial charge in [-0.1, -0.05) is 39.8 Å². The van der Waals surface area contributed by atoms with Gasteiger partial charge in [-0.3, -0.25) is 4.79 Å². The average Bonchev–Trinajstić information content (AvgIpc) is 2.44. The van der Waals surface area contributed by atoms with Crippen LogP contribution >= 0.6 is 0 Å². The summed E-state index contributed by atoms with van der Waals surface area (Å²) in [4.78, 5) is 15.9. The van der Waals surface area contributed by atoms with E-state index in [1.807, 2.05) is 38.1 Å². The summed E-state index contributed by atoms with van der Waals surface area (Å²) in [5, 5.41) is 5.93. The molecule has 1 rings (SSSR count). The van der Waals surface area contributed by atoms with E-state index in [1.165, 1.54) is 0 Å². The number of carbonyl (C=O) groups excluding carboxylic acids is 1. The summed E-state index contributed by atoms with van der Waals surface area (Å²) in [6.07, 6.45) is 0. The third-order valence-electron chi connectivity index (χ3n) is 2.87. The van der Waals surface area contributed by atoms with Crippen molar-refractivity contribution in [3.05, 3.63) is 29.8 Å². The Bertz CT molecular complexity index is 478. The van der Waals surface area contributed by atoms with E-state index >= 15 is 0 Å². The van der Waals surface area contributed by atoms with Gasteiger partial charge in [0.25, 0.3) is 0 Å². The minimum atomic E-state index is -0.0268. The van der Waals surface area contributed by atoms with Gasteiger partial charge >= 0.3 is 0 Å². The van der Waals surface area contributed by atoms with E-state index in [9.17, 15) is 4.79 Å². The fourth-order valence-electron chi connectivity index (χ4n) is 1.52. The highest BCUT2D eigenvalue weighted by Gasteiger charge is 2.06. The SMILES string of the molecule is CC(C)CNC(N)=NCc1ccc(NC(=O)C(C)C)cc1. The molecule has 4 N–H and O–H groups in total. The summed E-state index contributed by atoms with van der Waals surface area (Å²) >= 11 is 0. The van der Waals surface area contributed by atoms with Crippen molar-refractivity contribution in [1.82, 2.24) is 5.32 Å². The minimum absolute atomic E-state index is 0.0166. The van der Waals surface area contributed by atoms with Gasteiger partial charge in [-0.25, -0.2) is 4.99 Å². The number of amides is 1. The molecule has 0 unspecified atom stereocenters. The molecule has 0 aromatic heterocycles. The van der Waals surface area contributed by atoms with Gasteiger partial charge in [-0.15, -0.1) is 0 Å². The normalized spacial score (nSPS) is 11.8. The maximum atomic E-state index is 11.6. The monoisotopic (exact) mass is 290 g/mol. The second-order valence-electron chi connectivity index (χ2n) is 5.82. The highest BCUT2D eigenvalue weighted by Crippen LogP contribution is 2.11. The summed E-state index contributed by atoms with van der Waals surface area (Å²) in [6.45, 7) is 9.30. The van der Waals surface area contributed by atoms with E-state index in [4.69, 9.17) is 5.73 Å². The van der Waals surface area contributed by atoms with Crippen LogP contribution in [0.15, 0.2) is 29.3 Å². The zero-order valence-electron chi connectivity index (χ0n) is 13.3. The van der Waals surface area contributed by atoms with E-state index in [0.717, 1.165) is 17.8 Å². The Kier molecular flexibility index (Phi) is 6.72. The van der Waals surface area contributed by atoms with Crippen molar-refractivity contribution >= 4 is 17.6 Å². The molecule has 0 aliphatic rings. The molecule has 0 aliphatic heterocycles. The molecule has 0 radical (unpaired) electrons. The van der Waals surface area contributed by atoms with Crippen LogP contribution in [0.4, 0.5) is 5.69 Å². The highest BCUT2D eigenvalue weighted by molar-refractivity contribution is 5.92. The van der Waals surface area contributed by atoms with Gasteiger partial charge in [0, 0.05) is 18.2 Å². The molecule has 0 saturated carbocycles. The quantitative estimate of drug-likeness (QED) is 0.556. The van der Waals surface area contributed by atoms with E-state index in [1.54, 1.807) is 0 Å². The number of hydrogen-bond acceptors (Lipinski definition) is 2. The van der Waals surface area contributed by atoms with Gasteiger partial charge in [0.05, 0.1) is 6.54 Å². The Morgan fingerprint density at radius 2 is 1.81 bits per heavy atom. The smallest absolute Gasteiger partial charge is 0.226 e. The second kappa shape index (κ2) is 8.29. The number of nitrogens with one attached hydrogen (secondary N) is 2. The van der Waals surface area contributed by atoms with Gasteiger partial charge in [0.2, 0.25) is 5.91 Å². The fraction of sp³-hybridized carbons (Fsp3) is 0.500. The van der Waals surface area contributed by atoms with Crippen molar-refractivity contribution in [3.8, 4) is 0 Å². The molecule has 0 saturated heterocycles. The lowest BCUT2D eigenvalue weighted by atomic mass is 10.2. The van der Waals surface area contributed by atoms with E-state index in [-0.39, 0.29) is 11.8 Å². The predicted octanol–water partition coefficient (Wildman–Crippen LogP) is 2.34. The van der Waals surface area contributed by atoms with Crippen molar-refractivity contribution in [3.63, 3.8) is 0 Å². The molecule has 116 valence electrons. The Hall–Kier alpha value is -2.04. The van der Waals surface area contributed by atoms with Crippen LogP contribution in [0.5, 0.6) is 0 Å². The predicted molar refractivity (Wildman–Crippen MR) is 88.1 cm³/mol. The van der Waals surface area contributed by atoms with Crippen LogP contribution in [0, 0.1) is 11.8 Å². The zero-order chi connectivity index (χ0) is 15.8. The highest BCUT2D eigenvalue weighted by atomic mass is 16.1. The first-order valence-corrected chi connectivity index (χ1v) is 7.32. The van der Waals surface area contributed by atoms with Crippen LogP contribution in [-0.4, -0.2) is 18.4 Å². The van der Waals surface area contributed by atoms with Crippen LogP contribution in [-0.2, 0) is 11.3 Å². The summed E-state index contributed by atoms with van der Waals surface area (Å²) in [7, 11) is 0. The first-order valence-electron chi connectivity index (χ1n) is 7.32. The number of nitrogens with two attached hydrogens (primary N) is 1. The van der Waals surface area contributed by atoms with Crippen LogP contribution in [0.2, 0.25) is 0 Å². The molecule has 1 aromatic carbocycles. The third kappa shape index (κ3) is 6.79. The Balaban J connectivity index is 2.51. The van der Waals surface area contributed by atoms with Crippen molar-refractivity contribution in [2.75, 3.05) is 11.9 Å². The van der Waals surface area contributed by atoms with Gasteiger partial charge < -0.3 is 16.4 Å². The molecule has 21 heavy (non-hydrogen) atoms. The third-order valence-corrected chi connectivity index (χ3v) is 2.87. The van der Waals surface area contributed by atoms with Gasteiger partial charge in [-0.2, -0.15) is 0 Å². The molecule has 0 atom stereocenters. The zero-order valence-corrected chi connectivity index (χ0v) is 13.3. The Morgan fingerprint density at radius 3 is 2.33 bits per heavy atom. The average molecular weight is 290 g/mol. The second-order valence-corrected chi connectivity index (χ2v) is 5.82. The van der Waals surface area contributed by atoms with Crippen molar-refractivity contribution in [2.24, 2.45) is 22.6 Å². The molecule has 5 heteroatoms. The molecular formula is C16H26N4O. The van der Waals surface area contributed by atoms with Crippen LogP contribution in [0.25, 0.3) is 0 Å². The molecule has 1 amide bonds. The summed E-state index contributed by atoms with van der Waals surface area (Å²) in [6, 6.07) is 7.63. The van der Waals surface area contributed by atoms with Gasteiger partial charge in [-0.05, 0) is 23.6 Å². The standard InChI is InChI=1S/C16H26N4O/c1-11(2)9-18-16(17)19-10-13-5-7-14(8-6-13)20-15(21)12(3)4/h5-8,11-12H,9-10H2,1-4H3,(H,20,21)(H3,17,18,19). The number of carbonyl (C=O) groups is 1. The molecule has 1 aromatic rings. The first-order chi connectivity index (χ1) is 9.88. The number of hydrogen-bond donors (Lipinski definition) is 3. The lowest BCUT2D eigenvalue weighted by Crippen LogP contribution is -2.34. The maximum Gasteiger partial charge on any atom is 0.226 e.